The first kappa shape index (κ1) is 13.8. The van der Waals surface area contributed by atoms with Gasteiger partial charge >= 0.3 is 18.4 Å². The van der Waals surface area contributed by atoms with Crippen LogP contribution in [0.25, 0.3) is 0 Å². The highest BCUT2D eigenvalue weighted by Gasteiger charge is 2.45. The first-order valence-electron chi connectivity index (χ1n) is 6.21. The Morgan fingerprint density at radius 1 is 1.63 bits per heavy atom. The molecule has 2 rings (SSSR count). The van der Waals surface area contributed by atoms with Gasteiger partial charge in [-0.3, -0.25) is 0 Å². The Bertz CT molecular complexity index is 426. The quantitative estimate of drug-likeness (QED) is 0.570. The summed E-state index contributed by atoms with van der Waals surface area (Å²) in [5, 5.41) is 0.928. The Hall–Kier alpha value is -1.63. The zero-order valence-corrected chi connectivity index (χ0v) is 11.1. The number of hydrogen-bond donors (Lipinski definition) is 0. The number of hydroxylamine groups is 2. The van der Waals surface area contributed by atoms with E-state index in [1.807, 2.05) is 19.9 Å². The number of rotatable bonds is 4. The fourth-order valence-corrected chi connectivity index (χ4v) is 2.32. The number of carbonyl (C=O) groups is 2. The molecule has 106 valence electrons. The van der Waals surface area contributed by atoms with Crippen molar-refractivity contribution < 1.29 is 23.6 Å². The number of urea groups is 1. The van der Waals surface area contributed by atoms with Gasteiger partial charge in [-0.25, -0.2) is 18.8 Å². The monoisotopic (exact) mass is 272 g/mol. The lowest BCUT2D eigenvalue weighted by Gasteiger charge is -2.25. The van der Waals surface area contributed by atoms with Crippen molar-refractivity contribution in [2.75, 3.05) is 13.2 Å². The third-order valence-corrected chi connectivity index (χ3v) is 3.29. The lowest BCUT2D eigenvalue weighted by molar-refractivity contribution is -0.223. The van der Waals surface area contributed by atoms with Crippen molar-refractivity contribution in [3.8, 4) is 0 Å². The van der Waals surface area contributed by atoms with E-state index >= 15 is 0 Å². The predicted molar refractivity (Wildman–Crippen MR) is 63.6 cm³/mol. The normalized spacial score (nSPS) is 27.4. The van der Waals surface area contributed by atoms with Gasteiger partial charge in [0.15, 0.2) is 0 Å². The Morgan fingerprint density at radius 2 is 2.32 bits per heavy atom. The molecule has 0 radical (unpaired) electrons. The van der Waals surface area contributed by atoms with E-state index in [1.165, 1.54) is 0 Å². The zero-order chi connectivity index (χ0) is 14.2. The van der Waals surface area contributed by atoms with E-state index in [1.54, 1.807) is 11.8 Å². The van der Waals surface area contributed by atoms with Crippen LogP contribution in [0.4, 0.5) is 9.18 Å². The van der Waals surface area contributed by atoms with Gasteiger partial charge in [0.2, 0.25) is 0 Å². The number of ether oxygens (including phenoxy) is 1. The van der Waals surface area contributed by atoms with Crippen LogP contribution < -0.4 is 0 Å². The standard InChI is InChI=1S/C12H17FN2O4/c1-4-18-11(16)10(13)19-15-9-6-14(12(15)17)8(3)5-7(9)2/h5,8-10H,4,6H2,1-3H3/t8-,9-,10+/m1/s1. The fraction of sp³-hybridized carbons (Fsp3) is 0.667. The van der Waals surface area contributed by atoms with Gasteiger partial charge in [-0.15, -0.1) is 0 Å². The highest BCUT2D eigenvalue weighted by molar-refractivity contribution is 5.79. The third-order valence-electron chi connectivity index (χ3n) is 3.29. The molecule has 1 saturated heterocycles. The molecule has 2 amide bonds. The van der Waals surface area contributed by atoms with Crippen LogP contribution in [-0.4, -0.2) is 53.6 Å². The van der Waals surface area contributed by atoms with E-state index in [0.717, 1.165) is 10.6 Å². The molecule has 1 fully saturated rings. The van der Waals surface area contributed by atoms with Crippen LogP contribution in [0.3, 0.4) is 0 Å². The molecular formula is C12H17FN2O4. The molecule has 0 unspecified atom stereocenters. The van der Waals surface area contributed by atoms with Crippen LogP contribution >= 0.6 is 0 Å². The molecule has 6 nitrogen and oxygen atoms in total. The molecule has 0 saturated carbocycles. The molecule has 2 heterocycles. The smallest absolute Gasteiger partial charge is 0.370 e. The maximum atomic E-state index is 13.6. The molecular weight excluding hydrogens is 255 g/mol. The fourth-order valence-electron chi connectivity index (χ4n) is 2.32. The van der Waals surface area contributed by atoms with Crippen molar-refractivity contribution >= 4 is 12.0 Å². The first-order valence-corrected chi connectivity index (χ1v) is 6.21. The summed E-state index contributed by atoms with van der Waals surface area (Å²) in [6, 6.07) is -0.841. The first-order chi connectivity index (χ1) is 8.95. The lowest BCUT2D eigenvalue weighted by atomic mass is 10.0. The van der Waals surface area contributed by atoms with Crippen molar-refractivity contribution in [1.29, 1.82) is 0 Å². The van der Waals surface area contributed by atoms with E-state index < -0.39 is 18.4 Å². The summed E-state index contributed by atoms with van der Waals surface area (Å²) >= 11 is 0. The van der Waals surface area contributed by atoms with Gasteiger partial charge in [0.25, 0.3) is 0 Å². The number of fused-ring (bicyclic) bond motifs is 2. The SMILES string of the molecule is CCOC(=O)[C@@H](F)ON1C(=O)N2C[C@@H]1C(C)=C[C@H]2C. The largest absolute Gasteiger partial charge is 0.462 e. The zero-order valence-electron chi connectivity index (χ0n) is 11.1. The van der Waals surface area contributed by atoms with E-state index in [9.17, 15) is 14.0 Å². The molecule has 0 aromatic carbocycles. The number of amides is 2. The topological polar surface area (TPSA) is 59.1 Å². The second-order valence-corrected chi connectivity index (χ2v) is 4.60. The minimum absolute atomic E-state index is 0.0574. The molecule has 0 aromatic heterocycles. The van der Waals surface area contributed by atoms with Crippen molar-refractivity contribution in [1.82, 2.24) is 9.96 Å². The van der Waals surface area contributed by atoms with E-state index in [2.05, 4.69) is 4.74 Å². The highest BCUT2D eigenvalue weighted by atomic mass is 19.1. The Morgan fingerprint density at radius 3 is 2.95 bits per heavy atom. The summed E-state index contributed by atoms with van der Waals surface area (Å²) in [5.74, 6) is -1.12. The minimum atomic E-state index is -2.28. The van der Waals surface area contributed by atoms with Gasteiger partial charge < -0.3 is 9.64 Å². The van der Waals surface area contributed by atoms with Gasteiger partial charge in [-0.1, -0.05) is 6.08 Å². The van der Waals surface area contributed by atoms with Gasteiger partial charge in [-0.2, -0.15) is 5.06 Å². The van der Waals surface area contributed by atoms with Crippen LogP contribution in [0.5, 0.6) is 0 Å². The molecule has 2 bridgehead atoms. The second kappa shape index (κ2) is 5.16. The predicted octanol–water partition coefficient (Wildman–Crippen LogP) is 1.23. The van der Waals surface area contributed by atoms with Crippen molar-refractivity contribution in [3.63, 3.8) is 0 Å². The molecule has 19 heavy (non-hydrogen) atoms. The number of alkyl halides is 1. The van der Waals surface area contributed by atoms with Gasteiger partial charge in [0.05, 0.1) is 6.61 Å². The maximum absolute atomic E-state index is 13.6. The number of halogens is 1. The lowest BCUT2D eigenvalue weighted by Crippen LogP contribution is -2.39. The molecule has 0 N–H and O–H groups in total. The minimum Gasteiger partial charge on any atom is -0.462 e. The van der Waals surface area contributed by atoms with Crippen LogP contribution in [0, 0.1) is 0 Å². The van der Waals surface area contributed by atoms with Gasteiger partial charge in [0, 0.05) is 12.6 Å². The van der Waals surface area contributed by atoms with Gasteiger partial charge in [0.1, 0.15) is 6.04 Å². The Kier molecular flexibility index (Phi) is 3.75. The molecule has 2 aliphatic heterocycles. The molecule has 7 heteroatoms. The van der Waals surface area contributed by atoms with Crippen LogP contribution in [0.15, 0.2) is 11.6 Å². The van der Waals surface area contributed by atoms with E-state index in [0.29, 0.717) is 6.54 Å². The molecule has 3 atom stereocenters. The van der Waals surface area contributed by atoms with Crippen LogP contribution in [-0.2, 0) is 14.4 Å². The summed E-state index contributed by atoms with van der Waals surface area (Å²) in [7, 11) is 0. The van der Waals surface area contributed by atoms with E-state index in [-0.39, 0.29) is 18.7 Å². The Balaban J connectivity index is 2.07. The highest BCUT2D eigenvalue weighted by Crippen LogP contribution is 2.30. The average molecular weight is 272 g/mol. The van der Waals surface area contributed by atoms with Crippen molar-refractivity contribution in [2.45, 2.75) is 39.2 Å². The van der Waals surface area contributed by atoms with Crippen LogP contribution in [0.1, 0.15) is 20.8 Å². The summed E-state index contributed by atoms with van der Waals surface area (Å²) in [6.07, 6.45) is -0.361. The second-order valence-electron chi connectivity index (χ2n) is 4.60. The number of carbonyl (C=O) groups excluding carboxylic acids is 2. The number of hydrogen-bond acceptors (Lipinski definition) is 4. The summed E-state index contributed by atoms with van der Waals surface area (Å²) in [5.41, 5.74) is 0.922. The summed E-state index contributed by atoms with van der Waals surface area (Å²) < 4.78 is 18.1. The third kappa shape index (κ3) is 2.42. The van der Waals surface area contributed by atoms with E-state index in [4.69, 9.17) is 4.84 Å². The van der Waals surface area contributed by atoms with Crippen molar-refractivity contribution in [3.05, 3.63) is 11.6 Å². The van der Waals surface area contributed by atoms with Crippen molar-refractivity contribution in [2.24, 2.45) is 0 Å². The summed E-state index contributed by atoms with van der Waals surface area (Å²) in [6.45, 7) is 5.79. The molecule has 2 aliphatic rings. The molecule has 0 spiro atoms. The Labute approximate surface area is 110 Å². The molecule has 0 aliphatic carbocycles. The average Bonchev–Trinajstić information content (AvgIpc) is 2.63. The van der Waals surface area contributed by atoms with Gasteiger partial charge in [-0.05, 0) is 26.3 Å². The van der Waals surface area contributed by atoms with Crippen LogP contribution in [0.2, 0.25) is 0 Å². The maximum Gasteiger partial charge on any atom is 0.370 e. The number of esters is 1. The number of nitrogens with zero attached hydrogens (tertiary/aromatic N) is 2. The molecule has 0 aromatic rings. The summed E-state index contributed by atoms with van der Waals surface area (Å²) in [4.78, 5) is 29.6.